The molecule has 5 heteroatoms. The Kier molecular flexibility index (Phi) is 2.79. The molecule has 1 aliphatic heterocycles. The fourth-order valence-electron chi connectivity index (χ4n) is 1.73. The summed E-state index contributed by atoms with van der Waals surface area (Å²) in [5.41, 5.74) is 1.70. The molecule has 90 valence electrons. The Labute approximate surface area is 105 Å². The maximum atomic E-state index is 11.6. The standard InChI is InChI=1S/C12H14N2O2S/c1-12(2)11(17)13-9-7(10(15)16-3)5-4-6-8(9)14-12/h4-6,14H,1-3H3,(H,13,17). The van der Waals surface area contributed by atoms with E-state index < -0.39 is 0 Å². The number of rotatable bonds is 1. The van der Waals surface area contributed by atoms with Gasteiger partial charge in [-0.1, -0.05) is 18.3 Å². The van der Waals surface area contributed by atoms with E-state index in [0.29, 0.717) is 16.2 Å². The first-order valence-corrected chi connectivity index (χ1v) is 5.67. The van der Waals surface area contributed by atoms with Crippen LogP contribution in [-0.4, -0.2) is 23.6 Å². The number of methoxy groups -OCH3 is 1. The number of ether oxygens (including phenoxy) is 1. The molecule has 2 rings (SSSR count). The molecule has 0 aliphatic carbocycles. The van der Waals surface area contributed by atoms with Gasteiger partial charge in [-0.3, -0.25) is 0 Å². The quantitative estimate of drug-likeness (QED) is 0.592. The maximum Gasteiger partial charge on any atom is 0.340 e. The molecule has 0 fully saturated rings. The molecule has 0 unspecified atom stereocenters. The molecule has 1 aromatic carbocycles. The summed E-state index contributed by atoms with van der Waals surface area (Å²) in [6.45, 7) is 3.96. The van der Waals surface area contributed by atoms with Gasteiger partial charge in [-0.25, -0.2) is 4.79 Å². The summed E-state index contributed by atoms with van der Waals surface area (Å²) in [6.07, 6.45) is 0. The maximum absolute atomic E-state index is 11.6. The van der Waals surface area contributed by atoms with Gasteiger partial charge in [0, 0.05) is 0 Å². The van der Waals surface area contributed by atoms with Crippen LogP contribution in [-0.2, 0) is 4.74 Å². The zero-order chi connectivity index (χ0) is 12.6. The minimum atomic E-state index is -0.376. The Morgan fingerprint density at radius 3 is 2.76 bits per heavy atom. The van der Waals surface area contributed by atoms with Gasteiger partial charge in [0.1, 0.15) is 4.99 Å². The third-order valence-corrected chi connectivity index (χ3v) is 3.34. The smallest absolute Gasteiger partial charge is 0.340 e. The molecular weight excluding hydrogens is 236 g/mol. The SMILES string of the molecule is COC(=O)c1cccc2c1NC(=S)C(C)(C)N2. The fourth-order valence-corrected chi connectivity index (χ4v) is 1.89. The van der Waals surface area contributed by atoms with E-state index in [1.165, 1.54) is 7.11 Å². The van der Waals surface area contributed by atoms with Crippen LogP contribution in [0.2, 0.25) is 0 Å². The van der Waals surface area contributed by atoms with E-state index in [9.17, 15) is 4.79 Å². The minimum Gasteiger partial charge on any atom is -0.465 e. The van der Waals surface area contributed by atoms with Crippen LogP contribution in [0.1, 0.15) is 24.2 Å². The highest BCUT2D eigenvalue weighted by Crippen LogP contribution is 2.34. The van der Waals surface area contributed by atoms with Crippen LogP contribution < -0.4 is 10.6 Å². The lowest BCUT2D eigenvalue weighted by molar-refractivity contribution is 0.0602. The predicted octanol–water partition coefficient (Wildman–Crippen LogP) is 2.42. The van der Waals surface area contributed by atoms with Gasteiger partial charge in [-0.05, 0) is 26.0 Å². The third kappa shape index (κ3) is 1.98. The normalized spacial score (nSPS) is 16.5. The first-order chi connectivity index (χ1) is 7.95. The van der Waals surface area contributed by atoms with Crippen molar-refractivity contribution in [1.29, 1.82) is 0 Å². The second-order valence-electron chi connectivity index (χ2n) is 4.42. The molecule has 4 nitrogen and oxygen atoms in total. The number of carbonyl (C=O) groups is 1. The van der Waals surface area contributed by atoms with Gasteiger partial charge in [-0.15, -0.1) is 0 Å². The van der Waals surface area contributed by atoms with Crippen molar-refractivity contribution in [3.8, 4) is 0 Å². The minimum absolute atomic E-state index is 0.322. The summed E-state index contributed by atoms with van der Waals surface area (Å²) in [5.74, 6) is -0.376. The van der Waals surface area contributed by atoms with Crippen LogP contribution in [0.5, 0.6) is 0 Å². The molecule has 0 bridgehead atoms. The van der Waals surface area contributed by atoms with E-state index in [-0.39, 0.29) is 11.5 Å². The van der Waals surface area contributed by atoms with Gasteiger partial charge < -0.3 is 15.4 Å². The Morgan fingerprint density at radius 1 is 1.41 bits per heavy atom. The zero-order valence-electron chi connectivity index (χ0n) is 9.96. The van der Waals surface area contributed by atoms with Gasteiger partial charge in [-0.2, -0.15) is 0 Å². The van der Waals surface area contributed by atoms with Crippen molar-refractivity contribution in [2.75, 3.05) is 17.7 Å². The van der Waals surface area contributed by atoms with Crippen LogP contribution >= 0.6 is 12.2 Å². The van der Waals surface area contributed by atoms with E-state index >= 15 is 0 Å². The highest BCUT2D eigenvalue weighted by Gasteiger charge is 2.31. The monoisotopic (exact) mass is 250 g/mol. The van der Waals surface area contributed by atoms with Gasteiger partial charge in [0.2, 0.25) is 0 Å². The lowest BCUT2D eigenvalue weighted by Gasteiger charge is -2.35. The molecule has 0 saturated carbocycles. The second-order valence-corrected chi connectivity index (χ2v) is 4.83. The van der Waals surface area contributed by atoms with E-state index in [1.54, 1.807) is 6.07 Å². The molecular formula is C12H14N2O2S. The van der Waals surface area contributed by atoms with E-state index in [1.807, 2.05) is 26.0 Å². The molecule has 17 heavy (non-hydrogen) atoms. The lowest BCUT2D eigenvalue weighted by Crippen LogP contribution is -2.46. The Bertz CT molecular complexity index is 497. The van der Waals surface area contributed by atoms with Crippen molar-refractivity contribution in [1.82, 2.24) is 0 Å². The Balaban J connectivity index is 2.51. The number of anilines is 2. The number of benzene rings is 1. The van der Waals surface area contributed by atoms with Crippen molar-refractivity contribution >= 4 is 34.6 Å². The molecule has 0 radical (unpaired) electrons. The summed E-state index contributed by atoms with van der Waals surface area (Å²) in [6, 6.07) is 5.42. The molecule has 0 aromatic heterocycles. The van der Waals surface area contributed by atoms with Crippen molar-refractivity contribution in [2.45, 2.75) is 19.4 Å². The van der Waals surface area contributed by atoms with Crippen LogP contribution in [0.15, 0.2) is 18.2 Å². The second kappa shape index (κ2) is 4.00. The Morgan fingerprint density at radius 2 is 2.12 bits per heavy atom. The first-order valence-electron chi connectivity index (χ1n) is 5.26. The van der Waals surface area contributed by atoms with Gasteiger partial charge in [0.05, 0.1) is 29.6 Å². The number of para-hydroxylation sites is 1. The van der Waals surface area contributed by atoms with E-state index in [4.69, 9.17) is 17.0 Å². The molecule has 2 N–H and O–H groups in total. The van der Waals surface area contributed by atoms with Crippen LogP contribution in [0.3, 0.4) is 0 Å². The molecule has 1 aliphatic rings. The molecule has 0 atom stereocenters. The highest BCUT2D eigenvalue weighted by atomic mass is 32.1. The number of nitrogens with one attached hydrogen (secondary N) is 2. The van der Waals surface area contributed by atoms with Crippen molar-refractivity contribution < 1.29 is 9.53 Å². The molecule has 1 heterocycles. The van der Waals surface area contributed by atoms with Crippen LogP contribution in [0.4, 0.5) is 11.4 Å². The van der Waals surface area contributed by atoms with Crippen molar-refractivity contribution in [3.63, 3.8) is 0 Å². The van der Waals surface area contributed by atoms with Crippen molar-refractivity contribution in [3.05, 3.63) is 23.8 Å². The average Bonchev–Trinajstić information content (AvgIpc) is 2.28. The Hall–Kier alpha value is -1.62. The summed E-state index contributed by atoms with van der Waals surface area (Å²) in [5, 5.41) is 6.40. The van der Waals surface area contributed by atoms with Gasteiger partial charge in [0.15, 0.2) is 0 Å². The third-order valence-electron chi connectivity index (χ3n) is 2.72. The lowest BCUT2D eigenvalue weighted by atomic mass is 9.99. The summed E-state index contributed by atoms with van der Waals surface area (Å²) >= 11 is 5.27. The van der Waals surface area contributed by atoms with E-state index in [2.05, 4.69) is 10.6 Å². The first kappa shape index (κ1) is 11.9. The van der Waals surface area contributed by atoms with E-state index in [0.717, 1.165) is 5.69 Å². The number of thiocarbonyl (C=S) groups is 1. The average molecular weight is 250 g/mol. The van der Waals surface area contributed by atoms with Gasteiger partial charge in [0.25, 0.3) is 0 Å². The van der Waals surface area contributed by atoms with Crippen molar-refractivity contribution in [2.24, 2.45) is 0 Å². The zero-order valence-corrected chi connectivity index (χ0v) is 10.8. The molecule has 1 aromatic rings. The summed E-state index contributed by atoms with van der Waals surface area (Å²) in [7, 11) is 1.36. The number of hydrogen-bond acceptors (Lipinski definition) is 4. The summed E-state index contributed by atoms with van der Waals surface area (Å²) in [4.78, 5) is 12.3. The highest BCUT2D eigenvalue weighted by molar-refractivity contribution is 7.80. The summed E-state index contributed by atoms with van der Waals surface area (Å²) < 4.78 is 4.74. The predicted molar refractivity (Wildman–Crippen MR) is 71.7 cm³/mol. The topological polar surface area (TPSA) is 50.4 Å². The molecule has 0 spiro atoms. The number of carbonyl (C=O) groups excluding carboxylic acids is 1. The van der Waals surface area contributed by atoms with Crippen LogP contribution in [0.25, 0.3) is 0 Å². The number of esters is 1. The number of hydrogen-bond donors (Lipinski definition) is 2. The number of fused-ring (bicyclic) bond motifs is 1. The fraction of sp³-hybridized carbons (Fsp3) is 0.333. The largest absolute Gasteiger partial charge is 0.465 e. The van der Waals surface area contributed by atoms with Gasteiger partial charge >= 0.3 is 5.97 Å². The molecule has 0 saturated heterocycles. The van der Waals surface area contributed by atoms with Crippen LogP contribution in [0, 0.1) is 0 Å². The molecule has 0 amide bonds.